The first-order valence-corrected chi connectivity index (χ1v) is 6.32. The molecule has 108 valence electrons. The largest absolute Gasteiger partial charge is 0.469 e. The minimum absolute atomic E-state index is 0.785. The maximum Gasteiger partial charge on any atom is 0.407 e. The number of alkyl halides is 3. The molecule has 0 radical (unpaired) electrons. The van der Waals surface area contributed by atoms with Gasteiger partial charge in [0.2, 0.25) is 0 Å². The van der Waals surface area contributed by atoms with Crippen LogP contribution in [0.25, 0.3) is 0 Å². The van der Waals surface area contributed by atoms with Crippen molar-refractivity contribution in [1.29, 1.82) is 0 Å². The van der Waals surface area contributed by atoms with Gasteiger partial charge in [0.1, 0.15) is 5.54 Å². The molecule has 0 spiro atoms. The summed E-state index contributed by atoms with van der Waals surface area (Å²) in [6.07, 6.45) is -5.66. The van der Waals surface area contributed by atoms with Crippen molar-refractivity contribution >= 4 is 17.0 Å². The van der Waals surface area contributed by atoms with Crippen LogP contribution in [-0.2, 0) is 20.5 Å². The molecule has 0 aromatic carbocycles. The highest BCUT2D eigenvalue weighted by molar-refractivity contribution is 7.84. The van der Waals surface area contributed by atoms with Crippen molar-refractivity contribution in [3.8, 4) is 0 Å². The van der Waals surface area contributed by atoms with E-state index in [-0.39, 0.29) is 0 Å². The molecule has 1 N–H and O–H groups in total. The van der Waals surface area contributed by atoms with Gasteiger partial charge >= 0.3 is 12.1 Å². The normalized spacial score (nSPS) is 18.0. The third-order valence-corrected chi connectivity index (χ3v) is 3.97. The van der Waals surface area contributed by atoms with Gasteiger partial charge in [0.25, 0.3) is 0 Å². The molecule has 8 heteroatoms. The number of rotatable bonds is 4. The molecule has 0 aliphatic carbocycles. The summed E-state index contributed by atoms with van der Waals surface area (Å²) >= 11 is 0. The molecule has 4 nitrogen and oxygen atoms in total. The quantitative estimate of drug-likeness (QED) is 0.805. The van der Waals surface area contributed by atoms with E-state index in [1.807, 2.05) is 4.72 Å². The average Bonchev–Trinajstić information content (AvgIpc) is 2.13. The number of hydrogen-bond donors (Lipinski definition) is 1. The van der Waals surface area contributed by atoms with Crippen LogP contribution < -0.4 is 4.72 Å². The Morgan fingerprint density at radius 2 is 1.67 bits per heavy atom. The second-order valence-corrected chi connectivity index (χ2v) is 7.03. The molecule has 0 bridgehead atoms. The van der Waals surface area contributed by atoms with Crippen LogP contribution >= 0.6 is 0 Å². The smallest absolute Gasteiger partial charge is 0.407 e. The molecule has 18 heavy (non-hydrogen) atoms. The monoisotopic (exact) mass is 289 g/mol. The molecule has 0 fully saturated rings. The molecule has 0 aromatic heterocycles. The number of methoxy groups -OCH3 is 1. The molecule has 2 atom stereocenters. The molecule has 0 unspecified atom stereocenters. The summed E-state index contributed by atoms with van der Waals surface area (Å²) in [7, 11) is -0.950. The van der Waals surface area contributed by atoms with E-state index in [1.54, 1.807) is 0 Å². The topological polar surface area (TPSA) is 55.4 Å². The van der Waals surface area contributed by atoms with Gasteiger partial charge in [-0.25, -0.2) is 8.93 Å². The summed E-state index contributed by atoms with van der Waals surface area (Å²) in [5.74, 6) is -1.02. The highest BCUT2D eigenvalue weighted by atomic mass is 32.2. The van der Waals surface area contributed by atoms with Crippen molar-refractivity contribution in [3.05, 3.63) is 0 Å². The zero-order valence-corrected chi connectivity index (χ0v) is 11.8. The Morgan fingerprint density at radius 3 is 1.94 bits per heavy atom. The van der Waals surface area contributed by atoms with Crippen LogP contribution in [0, 0.1) is 0 Å². The van der Waals surface area contributed by atoms with Crippen LogP contribution in [0.3, 0.4) is 0 Å². The fourth-order valence-corrected chi connectivity index (χ4v) is 1.82. The lowest BCUT2D eigenvalue weighted by Crippen LogP contribution is -2.58. The van der Waals surface area contributed by atoms with Gasteiger partial charge in [0, 0.05) is 0 Å². The molecule has 0 heterocycles. The molecule has 0 amide bonds. The minimum Gasteiger partial charge on any atom is -0.469 e. The fourth-order valence-electron chi connectivity index (χ4n) is 0.913. The predicted octanol–water partition coefficient (Wildman–Crippen LogP) is 1.92. The number of carbonyl (C=O) groups is 1. The summed E-state index contributed by atoms with van der Waals surface area (Å²) in [6, 6.07) is 0. The van der Waals surface area contributed by atoms with Crippen LogP contribution in [-0.4, -0.2) is 33.8 Å². The molecular weight excluding hydrogens is 271 g/mol. The molecule has 0 aromatic rings. The summed E-state index contributed by atoms with van der Waals surface area (Å²) in [5.41, 5.74) is -2.59. The maximum atomic E-state index is 12.9. The Hall–Kier alpha value is -0.630. The van der Waals surface area contributed by atoms with E-state index < -0.39 is 39.8 Å². The molecule has 0 rings (SSSR count). The lowest BCUT2D eigenvalue weighted by molar-refractivity contribution is -0.193. The Labute approximate surface area is 107 Å². The van der Waals surface area contributed by atoms with Gasteiger partial charge in [0.15, 0.2) is 0 Å². The molecule has 0 aliphatic heterocycles. The highest BCUT2D eigenvalue weighted by Crippen LogP contribution is 2.34. The van der Waals surface area contributed by atoms with Gasteiger partial charge in [-0.15, -0.1) is 0 Å². The minimum atomic E-state index is -4.72. The third kappa shape index (κ3) is 4.56. The standard InChI is InChI=1S/C10H18F3NO3S/c1-8(2,3)18(16)14-9(4,10(11,12)13)6-7(15)17-5/h14H,6H2,1-5H3/t9-,18+/m1/s1. The first-order valence-electron chi connectivity index (χ1n) is 5.17. The van der Waals surface area contributed by atoms with Gasteiger partial charge in [-0.05, 0) is 27.7 Å². The average molecular weight is 289 g/mol. The Morgan fingerprint density at radius 1 is 1.22 bits per heavy atom. The van der Waals surface area contributed by atoms with Gasteiger partial charge < -0.3 is 4.74 Å². The van der Waals surface area contributed by atoms with E-state index in [2.05, 4.69) is 4.74 Å². The van der Waals surface area contributed by atoms with Crippen LogP contribution in [0.5, 0.6) is 0 Å². The zero-order valence-electron chi connectivity index (χ0n) is 11.0. The van der Waals surface area contributed by atoms with Crippen molar-refractivity contribution in [1.82, 2.24) is 4.72 Å². The first-order chi connectivity index (χ1) is 7.83. The number of halogens is 3. The Kier molecular flexibility index (Phi) is 5.37. The Balaban J connectivity index is 5.14. The lowest BCUT2D eigenvalue weighted by atomic mass is 9.99. The second-order valence-electron chi connectivity index (χ2n) is 5.07. The van der Waals surface area contributed by atoms with Crippen molar-refractivity contribution in [3.63, 3.8) is 0 Å². The van der Waals surface area contributed by atoms with Crippen molar-refractivity contribution < 1.29 is 26.9 Å². The van der Waals surface area contributed by atoms with E-state index in [1.165, 1.54) is 20.8 Å². The summed E-state index contributed by atoms with van der Waals surface area (Å²) in [5, 5.41) is 0. The van der Waals surface area contributed by atoms with Crippen molar-refractivity contribution in [2.45, 2.75) is 50.6 Å². The van der Waals surface area contributed by atoms with E-state index in [0.29, 0.717) is 0 Å². The zero-order chi connectivity index (χ0) is 14.8. The van der Waals surface area contributed by atoms with Crippen LogP contribution in [0.15, 0.2) is 0 Å². The van der Waals surface area contributed by atoms with Gasteiger partial charge in [-0.3, -0.25) is 4.79 Å². The van der Waals surface area contributed by atoms with Gasteiger partial charge in [0.05, 0.1) is 29.3 Å². The van der Waals surface area contributed by atoms with Crippen molar-refractivity contribution in [2.75, 3.05) is 7.11 Å². The van der Waals surface area contributed by atoms with Gasteiger partial charge in [-0.2, -0.15) is 13.2 Å². The molecular formula is C10H18F3NO3S. The molecule has 0 saturated carbocycles. The molecule has 0 aliphatic rings. The maximum absolute atomic E-state index is 12.9. The highest BCUT2D eigenvalue weighted by Gasteiger charge is 2.54. The third-order valence-electron chi connectivity index (χ3n) is 2.23. The lowest BCUT2D eigenvalue weighted by Gasteiger charge is -2.34. The number of esters is 1. The summed E-state index contributed by atoms with van der Waals surface area (Å²) in [4.78, 5) is 11.0. The van der Waals surface area contributed by atoms with E-state index in [0.717, 1.165) is 14.0 Å². The Bertz CT molecular complexity index is 338. The molecule has 0 saturated heterocycles. The predicted molar refractivity (Wildman–Crippen MR) is 62.1 cm³/mol. The SMILES string of the molecule is COC(=O)C[C@@](C)(N[S@@](=O)C(C)(C)C)C(F)(F)F. The summed E-state index contributed by atoms with van der Waals surface area (Å²) in [6.45, 7) is 5.38. The number of hydrogen-bond acceptors (Lipinski definition) is 3. The number of nitrogens with one attached hydrogen (secondary N) is 1. The first kappa shape index (κ1) is 17.4. The van der Waals surface area contributed by atoms with Crippen molar-refractivity contribution in [2.24, 2.45) is 0 Å². The summed E-state index contributed by atoms with van der Waals surface area (Å²) < 4.78 is 55.9. The van der Waals surface area contributed by atoms with E-state index in [4.69, 9.17) is 0 Å². The van der Waals surface area contributed by atoms with Crippen LogP contribution in [0.2, 0.25) is 0 Å². The van der Waals surface area contributed by atoms with E-state index >= 15 is 0 Å². The number of carbonyl (C=O) groups excluding carboxylic acids is 1. The second kappa shape index (κ2) is 5.56. The van der Waals surface area contributed by atoms with Crippen LogP contribution in [0.1, 0.15) is 34.1 Å². The fraction of sp³-hybridized carbons (Fsp3) is 0.900. The van der Waals surface area contributed by atoms with E-state index in [9.17, 15) is 22.2 Å². The van der Waals surface area contributed by atoms with Gasteiger partial charge in [-0.1, -0.05) is 0 Å². The van der Waals surface area contributed by atoms with Crippen LogP contribution in [0.4, 0.5) is 13.2 Å². The number of ether oxygens (including phenoxy) is 1.